The van der Waals surface area contributed by atoms with E-state index in [4.69, 9.17) is 9.47 Å². The maximum atomic E-state index is 10.9. The fraction of sp³-hybridized carbons (Fsp3) is 0.250. The lowest BCUT2D eigenvalue weighted by molar-refractivity contribution is -0.138. The van der Waals surface area contributed by atoms with Crippen LogP contribution in [0.3, 0.4) is 0 Å². The highest BCUT2D eigenvalue weighted by molar-refractivity contribution is 5.81. The molecule has 0 bridgehead atoms. The number of carbonyl (C=O) groups excluding carboxylic acids is 1. The molecule has 0 heterocycles. The predicted molar refractivity (Wildman–Crippen MR) is 91.7 cm³/mol. The molecule has 0 fully saturated rings. The van der Waals surface area contributed by atoms with E-state index in [1.165, 1.54) is 11.1 Å². The van der Waals surface area contributed by atoms with Gasteiger partial charge in [0.15, 0.2) is 0 Å². The molecule has 3 heteroatoms. The average Bonchev–Trinajstić information content (AvgIpc) is 2.59. The molecule has 0 atom stereocenters. The Balaban J connectivity index is 1.96. The third kappa shape index (κ3) is 4.46. The summed E-state index contributed by atoms with van der Waals surface area (Å²) in [7, 11) is 0. The van der Waals surface area contributed by atoms with Gasteiger partial charge < -0.3 is 9.47 Å². The number of benzene rings is 2. The Hall–Kier alpha value is -2.55. The summed E-state index contributed by atoms with van der Waals surface area (Å²) in [5.41, 5.74) is 2.42. The SMILES string of the molecule is C=CC(=O)OCCOc1ccc(C(C)(C)c2ccccc2)cc1. The second-order valence-corrected chi connectivity index (χ2v) is 5.74. The molecule has 23 heavy (non-hydrogen) atoms. The van der Waals surface area contributed by atoms with Gasteiger partial charge in [0, 0.05) is 11.5 Å². The lowest BCUT2D eigenvalue weighted by Gasteiger charge is -2.26. The Morgan fingerprint density at radius 2 is 1.61 bits per heavy atom. The number of esters is 1. The molecule has 3 nitrogen and oxygen atoms in total. The number of rotatable bonds is 7. The molecule has 0 unspecified atom stereocenters. The second-order valence-electron chi connectivity index (χ2n) is 5.74. The maximum absolute atomic E-state index is 10.9. The zero-order valence-electron chi connectivity index (χ0n) is 13.6. The summed E-state index contributed by atoms with van der Waals surface area (Å²) < 4.78 is 10.4. The summed E-state index contributed by atoms with van der Waals surface area (Å²) in [5.74, 6) is 0.320. The van der Waals surface area contributed by atoms with E-state index >= 15 is 0 Å². The normalized spacial score (nSPS) is 10.9. The minimum atomic E-state index is -0.437. The number of hydrogen-bond acceptors (Lipinski definition) is 3. The molecular weight excluding hydrogens is 288 g/mol. The van der Waals surface area contributed by atoms with Crippen LogP contribution in [0.15, 0.2) is 67.3 Å². The van der Waals surface area contributed by atoms with Crippen LogP contribution in [0.5, 0.6) is 5.75 Å². The van der Waals surface area contributed by atoms with Gasteiger partial charge in [0.05, 0.1) is 0 Å². The van der Waals surface area contributed by atoms with E-state index in [9.17, 15) is 4.79 Å². The summed E-state index contributed by atoms with van der Waals surface area (Å²) >= 11 is 0. The van der Waals surface area contributed by atoms with Crippen molar-refractivity contribution in [2.45, 2.75) is 19.3 Å². The molecule has 120 valence electrons. The smallest absolute Gasteiger partial charge is 0.330 e. The third-order valence-electron chi connectivity index (χ3n) is 3.83. The predicted octanol–water partition coefficient (Wildman–Crippen LogP) is 4.12. The van der Waals surface area contributed by atoms with Crippen LogP contribution in [0.25, 0.3) is 0 Å². The van der Waals surface area contributed by atoms with Crippen molar-refractivity contribution < 1.29 is 14.3 Å². The Morgan fingerprint density at radius 3 is 2.22 bits per heavy atom. The number of ether oxygens (including phenoxy) is 2. The van der Waals surface area contributed by atoms with Gasteiger partial charge in [0.1, 0.15) is 19.0 Å². The monoisotopic (exact) mass is 310 g/mol. The van der Waals surface area contributed by atoms with Crippen LogP contribution in [-0.2, 0) is 14.9 Å². The molecule has 0 aliphatic carbocycles. The zero-order valence-corrected chi connectivity index (χ0v) is 13.6. The van der Waals surface area contributed by atoms with Gasteiger partial charge in [-0.05, 0) is 23.3 Å². The highest BCUT2D eigenvalue weighted by atomic mass is 16.6. The van der Waals surface area contributed by atoms with Gasteiger partial charge in [0.25, 0.3) is 0 Å². The van der Waals surface area contributed by atoms with E-state index in [2.05, 4.69) is 56.8 Å². The van der Waals surface area contributed by atoms with Crippen LogP contribution in [-0.4, -0.2) is 19.2 Å². The Bertz CT molecular complexity index is 642. The van der Waals surface area contributed by atoms with Crippen molar-refractivity contribution in [2.75, 3.05) is 13.2 Å². The third-order valence-corrected chi connectivity index (χ3v) is 3.83. The molecule has 0 aliphatic rings. The second kappa shape index (κ2) is 7.63. The van der Waals surface area contributed by atoms with Gasteiger partial charge in [-0.3, -0.25) is 0 Å². The van der Waals surface area contributed by atoms with Gasteiger partial charge >= 0.3 is 5.97 Å². The fourth-order valence-electron chi connectivity index (χ4n) is 2.35. The van der Waals surface area contributed by atoms with Gasteiger partial charge in [-0.15, -0.1) is 0 Å². The van der Waals surface area contributed by atoms with Crippen LogP contribution < -0.4 is 4.74 Å². The van der Waals surface area contributed by atoms with E-state index in [0.717, 1.165) is 11.8 Å². The minimum Gasteiger partial charge on any atom is -0.490 e. The Kier molecular flexibility index (Phi) is 5.58. The molecule has 0 aliphatic heterocycles. The van der Waals surface area contributed by atoms with Crippen LogP contribution in [0.2, 0.25) is 0 Å². The first-order valence-corrected chi connectivity index (χ1v) is 7.62. The molecule has 2 aromatic carbocycles. The first-order chi connectivity index (χ1) is 11.0. The van der Waals surface area contributed by atoms with Gasteiger partial charge in [-0.2, -0.15) is 0 Å². The molecule has 0 radical (unpaired) electrons. The molecule has 0 saturated heterocycles. The lowest BCUT2D eigenvalue weighted by atomic mass is 9.78. The van der Waals surface area contributed by atoms with E-state index in [0.29, 0.717) is 6.61 Å². The summed E-state index contributed by atoms with van der Waals surface area (Å²) in [6.07, 6.45) is 1.14. The van der Waals surface area contributed by atoms with Crippen molar-refractivity contribution in [2.24, 2.45) is 0 Å². The standard InChI is InChI=1S/C20H22O3/c1-4-19(21)23-15-14-22-18-12-10-17(11-13-18)20(2,3)16-8-6-5-7-9-16/h4-13H,1,14-15H2,2-3H3. The topological polar surface area (TPSA) is 35.5 Å². The van der Waals surface area contributed by atoms with E-state index in [1.807, 2.05) is 18.2 Å². The molecule has 0 saturated carbocycles. The maximum Gasteiger partial charge on any atom is 0.330 e. The largest absolute Gasteiger partial charge is 0.490 e. The summed E-state index contributed by atoms with van der Waals surface area (Å²) in [6, 6.07) is 18.4. The summed E-state index contributed by atoms with van der Waals surface area (Å²) in [6.45, 7) is 8.27. The van der Waals surface area contributed by atoms with E-state index < -0.39 is 5.97 Å². The van der Waals surface area contributed by atoms with Crippen LogP contribution in [0, 0.1) is 0 Å². The van der Waals surface area contributed by atoms with Crippen LogP contribution in [0.4, 0.5) is 0 Å². The average molecular weight is 310 g/mol. The Morgan fingerprint density at radius 1 is 1.00 bits per heavy atom. The zero-order chi connectivity index (χ0) is 16.7. The van der Waals surface area contributed by atoms with Gasteiger partial charge in [-0.1, -0.05) is 62.9 Å². The van der Waals surface area contributed by atoms with Crippen LogP contribution >= 0.6 is 0 Å². The van der Waals surface area contributed by atoms with Crippen molar-refractivity contribution >= 4 is 5.97 Å². The molecule has 2 aromatic rings. The molecule has 0 aromatic heterocycles. The van der Waals surface area contributed by atoms with Crippen LogP contribution in [0.1, 0.15) is 25.0 Å². The van der Waals surface area contributed by atoms with E-state index in [-0.39, 0.29) is 12.0 Å². The lowest BCUT2D eigenvalue weighted by Crippen LogP contribution is -2.18. The van der Waals surface area contributed by atoms with Gasteiger partial charge in [0.2, 0.25) is 0 Å². The number of carbonyl (C=O) groups is 1. The van der Waals surface area contributed by atoms with Crippen molar-refractivity contribution in [3.63, 3.8) is 0 Å². The van der Waals surface area contributed by atoms with Crippen molar-refractivity contribution in [1.82, 2.24) is 0 Å². The number of hydrogen-bond donors (Lipinski definition) is 0. The van der Waals surface area contributed by atoms with E-state index in [1.54, 1.807) is 0 Å². The highest BCUT2D eigenvalue weighted by Gasteiger charge is 2.22. The Labute approximate surface area is 137 Å². The summed E-state index contributed by atoms with van der Waals surface area (Å²) in [4.78, 5) is 10.9. The molecular formula is C20H22O3. The molecule has 0 amide bonds. The quantitative estimate of drug-likeness (QED) is 0.438. The van der Waals surface area contributed by atoms with Gasteiger partial charge in [-0.25, -0.2) is 4.79 Å². The fourth-order valence-corrected chi connectivity index (χ4v) is 2.35. The minimum absolute atomic E-state index is 0.0702. The van der Waals surface area contributed by atoms with Crippen molar-refractivity contribution in [3.05, 3.63) is 78.4 Å². The van der Waals surface area contributed by atoms with Crippen molar-refractivity contribution in [1.29, 1.82) is 0 Å². The first-order valence-electron chi connectivity index (χ1n) is 7.62. The molecule has 0 N–H and O–H groups in total. The summed E-state index contributed by atoms with van der Waals surface area (Å²) in [5, 5.41) is 0. The van der Waals surface area contributed by atoms with Crippen molar-refractivity contribution in [3.8, 4) is 5.75 Å². The first kappa shape index (κ1) is 16.8. The molecule has 0 spiro atoms. The molecule has 2 rings (SSSR count). The highest BCUT2D eigenvalue weighted by Crippen LogP contribution is 2.32.